The Balaban J connectivity index is 2.22. The predicted octanol–water partition coefficient (Wildman–Crippen LogP) is 3.70. The minimum Gasteiger partial charge on any atom is -0.355 e. The summed E-state index contributed by atoms with van der Waals surface area (Å²) in [6.07, 6.45) is 3.61. The standard InChI is InChI=1S/C15H20FN3/c1-11(2)10-18-15-17-8-9-19(15)12(3)13-6-4-5-7-14(13)16/h4-9,11-12H,10H2,1-3H3,(H,17,18). The first kappa shape index (κ1) is 13.6. The molecule has 0 amide bonds. The molecule has 2 rings (SSSR count). The molecular formula is C15H20FN3. The molecule has 0 saturated heterocycles. The normalized spacial score (nSPS) is 12.7. The molecule has 102 valence electrons. The van der Waals surface area contributed by atoms with Crippen LogP contribution in [0.4, 0.5) is 10.3 Å². The Morgan fingerprint density at radius 3 is 2.68 bits per heavy atom. The Labute approximate surface area is 113 Å². The Morgan fingerprint density at radius 2 is 2.00 bits per heavy atom. The van der Waals surface area contributed by atoms with Crippen LogP contribution < -0.4 is 5.32 Å². The molecule has 0 radical (unpaired) electrons. The zero-order valence-electron chi connectivity index (χ0n) is 11.6. The zero-order valence-corrected chi connectivity index (χ0v) is 11.6. The quantitative estimate of drug-likeness (QED) is 0.889. The summed E-state index contributed by atoms with van der Waals surface area (Å²) in [7, 11) is 0. The fraction of sp³-hybridized carbons (Fsp3) is 0.400. The van der Waals surface area contributed by atoms with Gasteiger partial charge in [0.1, 0.15) is 5.82 Å². The van der Waals surface area contributed by atoms with E-state index in [0.717, 1.165) is 12.5 Å². The lowest BCUT2D eigenvalue weighted by molar-refractivity contribution is 0.557. The highest BCUT2D eigenvalue weighted by Crippen LogP contribution is 2.23. The van der Waals surface area contributed by atoms with E-state index in [4.69, 9.17) is 0 Å². The average Bonchev–Trinajstić information content (AvgIpc) is 2.84. The van der Waals surface area contributed by atoms with Crippen molar-refractivity contribution in [3.8, 4) is 0 Å². The van der Waals surface area contributed by atoms with Gasteiger partial charge in [-0.3, -0.25) is 0 Å². The van der Waals surface area contributed by atoms with Crippen LogP contribution in [0.25, 0.3) is 0 Å². The van der Waals surface area contributed by atoms with Crippen molar-refractivity contribution in [1.82, 2.24) is 9.55 Å². The first-order valence-electron chi connectivity index (χ1n) is 6.60. The van der Waals surface area contributed by atoms with Gasteiger partial charge in [0.15, 0.2) is 0 Å². The number of benzene rings is 1. The van der Waals surface area contributed by atoms with Crippen LogP contribution in [0.5, 0.6) is 0 Å². The average molecular weight is 261 g/mol. The highest BCUT2D eigenvalue weighted by atomic mass is 19.1. The molecule has 4 heteroatoms. The fourth-order valence-electron chi connectivity index (χ4n) is 2.02. The maximum atomic E-state index is 13.8. The second-order valence-electron chi connectivity index (χ2n) is 5.13. The highest BCUT2D eigenvalue weighted by molar-refractivity contribution is 5.31. The monoisotopic (exact) mass is 261 g/mol. The Hall–Kier alpha value is -1.84. The van der Waals surface area contributed by atoms with Crippen LogP contribution in [0.2, 0.25) is 0 Å². The Kier molecular flexibility index (Phi) is 4.20. The third-order valence-corrected chi connectivity index (χ3v) is 3.11. The van der Waals surface area contributed by atoms with E-state index >= 15 is 0 Å². The van der Waals surface area contributed by atoms with Crippen molar-refractivity contribution in [2.45, 2.75) is 26.8 Å². The Bertz CT molecular complexity index is 534. The molecule has 0 aliphatic heterocycles. The number of anilines is 1. The van der Waals surface area contributed by atoms with Crippen LogP contribution >= 0.6 is 0 Å². The summed E-state index contributed by atoms with van der Waals surface area (Å²) >= 11 is 0. The zero-order chi connectivity index (χ0) is 13.8. The van der Waals surface area contributed by atoms with Gasteiger partial charge in [0, 0.05) is 24.5 Å². The van der Waals surface area contributed by atoms with E-state index in [1.807, 2.05) is 29.8 Å². The van der Waals surface area contributed by atoms with Crippen LogP contribution in [0, 0.1) is 11.7 Å². The molecule has 1 aromatic heterocycles. The number of hydrogen-bond donors (Lipinski definition) is 1. The topological polar surface area (TPSA) is 29.9 Å². The summed E-state index contributed by atoms with van der Waals surface area (Å²) in [4.78, 5) is 4.29. The molecule has 1 N–H and O–H groups in total. The number of rotatable bonds is 5. The number of aromatic nitrogens is 2. The highest BCUT2D eigenvalue weighted by Gasteiger charge is 2.15. The van der Waals surface area contributed by atoms with Gasteiger partial charge in [0.25, 0.3) is 0 Å². The molecule has 1 atom stereocenters. The predicted molar refractivity (Wildman–Crippen MR) is 75.8 cm³/mol. The van der Waals surface area contributed by atoms with Crippen LogP contribution in [-0.4, -0.2) is 16.1 Å². The number of imidazole rings is 1. The van der Waals surface area contributed by atoms with Crippen molar-refractivity contribution in [2.75, 3.05) is 11.9 Å². The minimum absolute atomic E-state index is 0.0848. The summed E-state index contributed by atoms with van der Waals surface area (Å²) in [6.45, 7) is 7.10. The summed E-state index contributed by atoms with van der Waals surface area (Å²) in [6, 6.07) is 6.78. The van der Waals surface area contributed by atoms with Gasteiger partial charge in [0.05, 0.1) is 6.04 Å². The first-order valence-corrected chi connectivity index (χ1v) is 6.60. The number of halogens is 1. The fourth-order valence-corrected chi connectivity index (χ4v) is 2.02. The lowest BCUT2D eigenvalue weighted by atomic mass is 10.1. The summed E-state index contributed by atoms with van der Waals surface area (Å²) < 4.78 is 15.8. The summed E-state index contributed by atoms with van der Waals surface area (Å²) in [5, 5.41) is 3.29. The third-order valence-electron chi connectivity index (χ3n) is 3.11. The van der Waals surface area contributed by atoms with E-state index < -0.39 is 0 Å². The van der Waals surface area contributed by atoms with Gasteiger partial charge in [-0.15, -0.1) is 0 Å². The smallest absolute Gasteiger partial charge is 0.203 e. The van der Waals surface area contributed by atoms with Gasteiger partial charge in [-0.25, -0.2) is 9.37 Å². The molecule has 0 bridgehead atoms. The number of hydrogen-bond acceptors (Lipinski definition) is 2. The Morgan fingerprint density at radius 1 is 1.26 bits per heavy atom. The largest absolute Gasteiger partial charge is 0.355 e. The van der Waals surface area contributed by atoms with Gasteiger partial charge in [-0.2, -0.15) is 0 Å². The van der Waals surface area contributed by atoms with Crippen molar-refractivity contribution >= 4 is 5.95 Å². The van der Waals surface area contributed by atoms with Crippen molar-refractivity contribution < 1.29 is 4.39 Å². The van der Waals surface area contributed by atoms with Gasteiger partial charge < -0.3 is 9.88 Å². The van der Waals surface area contributed by atoms with Gasteiger partial charge in [-0.1, -0.05) is 32.0 Å². The van der Waals surface area contributed by atoms with E-state index in [-0.39, 0.29) is 11.9 Å². The molecule has 0 spiro atoms. The second kappa shape index (κ2) is 5.87. The molecule has 0 fully saturated rings. The van der Waals surface area contributed by atoms with Crippen LogP contribution in [-0.2, 0) is 0 Å². The molecule has 0 aliphatic rings. The van der Waals surface area contributed by atoms with Crippen molar-refractivity contribution in [3.05, 3.63) is 48.0 Å². The number of nitrogens with zero attached hydrogens (tertiary/aromatic N) is 2. The lowest BCUT2D eigenvalue weighted by Crippen LogP contribution is -2.15. The first-order chi connectivity index (χ1) is 9.09. The molecular weight excluding hydrogens is 241 g/mol. The van der Waals surface area contributed by atoms with Gasteiger partial charge in [0.2, 0.25) is 5.95 Å². The van der Waals surface area contributed by atoms with Gasteiger partial charge >= 0.3 is 0 Å². The van der Waals surface area contributed by atoms with E-state index in [1.165, 1.54) is 6.07 Å². The third kappa shape index (κ3) is 3.13. The molecule has 1 aromatic carbocycles. The summed E-state index contributed by atoms with van der Waals surface area (Å²) in [5.74, 6) is 1.14. The molecule has 1 heterocycles. The van der Waals surface area contributed by atoms with Gasteiger partial charge in [-0.05, 0) is 18.9 Å². The second-order valence-corrected chi connectivity index (χ2v) is 5.13. The minimum atomic E-state index is -0.182. The van der Waals surface area contributed by atoms with E-state index in [1.54, 1.807) is 12.3 Å². The molecule has 1 unspecified atom stereocenters. The number of nitrogens with one attached hydrogen (secondary N) is 1. The van der Waals surface area contributed by atoms with Crippen LogP contribution in [0.15, 0.2) is 36.7 Å². The maximum Gasteiger partial charge on any atom is 0.203 e. The van der Waals surface area contributed by atoms with Crippen molar-refractivity contribution in [1.29, 1.82) is 0 Å². The molecule has 2 aromatic rings. The maximum absolute atomic E-state index is 13.8. The van der Waals surface area contributed by atoms with Crippen molar-refractivity contribution in [3.63, 3.8) is 0 Å². The van der Waals surface area contributed by atoms with Crippen LogP contribution in [0.3, 0.4) is 0 Å². The van der Waals surface area contributed by atoms with Crippen molar-refractivity contribution in [2.24, 2.45) is 5.92 Å². The van der Waals surface area contributed by atoms with E-state index in [9.17, 15) is 4.39 Å². The molecule has 0 saturated carbocycles. The molecule has 19 heavy (non-hydrogen) atoms. The molecule has 3 nitrogen and oxygen atoms in total. The molecule has 0 aliphatic carbocycles. The lowest BCUT2D eigenvalue weighted by Gasteiger charge is -2.18. The summed E-state index contributed by atoms with van der Waals surface area (Å²) in [5.41, 5.74) is 0.674. The van der Waals surface area contributed by atoms with Crippen LogP contribution in [0.1, 0.15) is 32.4 Å². The van der Waals surface area contributed by atoms with E-state index in [0.29, 0.717) is 11.5 Å². The van der Waals surface area contributed by atoms with E-state index in [2.05, 4.69) is 24.1 Å². The SMILES string of the molecule is CC(C)CNc1nccn1C(C)c1ccccc1F.